The van der Waals surface area contributed by atoms with Gasteiger partial charge in [-0.2, -0.15) is 5.10 Å². The van der Waals surface area contributed by atoms with E-state index in [4.69, 9.17) is 5.73 Å². The summed E-state index contributed by atoms with van der Waals surface area (Å²) in [6.07, 6.45) is 9.52. The SMILES string of the molecule is Cc1ccc2nn(-c3ccnc(C(=O)Nc4cc(CN5CCC[C@H](N)C5)cc(-n5cnc(C)c5)c4)c3)cc2c1. The fourth-order valence-corrected chi connectivity index (χ4v) is 5.20. The predicted molar refractivity (Wildman–Crippen MR) is 152 cm³/mol. The Morgan fingerprint density at radius 1 is 1.05 bits per heavy atom. The van der Waals surface area contributed by atoms with E-state index in [9.17, 15) is 4.79 Å². The number of nitrogens with zero attached hydrogens (tertiary/aromatic N) is 6. The van der Waals surface area contributed by atoms with Gasteiger partial charge in [0.15, 0.2) is 0 Å². The number of rotatable bonds is 6. The molecule has 0 radical (unpaired) electrons. The third kappa shape index (κ3) is 5.59. The molecule has 0 unspecified atom stereocenters. The van der Waals surface area contributed by atoms with Crippen LogP contribution in [0.1, 0.15) is 40.2 Å². The van der Waals surface area contributed by atoms with Gasteiger partial charge in [-0.25, -0.2) is 9.67 Å². The number of nitrogens with one attached hydrogen (secondary N) is 1. The standard InChI is InChI=1S/C30H32N8O/c1-20-5-6-28-23(10-20)17-38(35-28)26-7-8-32-29(14-26)30(39)34-25-11-22(16-36-9-3-4-24(31)18-36)12-27(13-25)37-15-21(2)33-19-37/h5-8,10-15,17,19,24H,3-4,9,16,18,31H2,1-2H3,(H,34,39)/t24-/m0/s1. The number of amides is 1. The van der Waals surface area contributed by atoms with Gasteiger partial charge in [0, 0.05) is 54.5 Å². The Bertz CT molecular complexity index is 1650. The third-order valence-corrected chi connectivity index (χ3v) is 7.09. The Labute approximate surface area is 227 Å². The summed E-state index contributed by atoms with van der Waals surface area (Å²) in [5.74, 6) is -0.283. The number of fused-ring (bicyclic) bond motifs is 1. The summed E-state index contributed by atoms with van der Waals surface area (Å²) in [5, 5.41) is 8.78. The lowest BCUT2D eigenvalue weighted by Crippen LogP contribution is -2.42. The van der Waals surface area contributed by atoms with Crippen molar-refractivity contribution < 1.29 is 4.79 Å². The largest absolute Gasteiger partial charge is 0.327 e. The summed E-state index contributed by atoms with van der Waals surface area (Å²) in [4.78, 5) is 24.5. The molecule has 0 bridgehead atoms. The minimum atomic E-state index is -0.283. The van der Waals surface area contributed by atoms with E-state index in [1.165, 1.54) is 5.56 Å². The molecule has 2 aromatic carbocycles. The van der Waals surface area contributed by atoms with Crippen molar-refractivity contribution in [2.24, 2.45) is 5.73 Å². The number of nitrogens with two attached hydrogens (primary N) is 1. The quantitative estimate of drug-likeness (QED) is 0.344. The number of imidazole rings is 1. The molecule has 5 aromatic rings. The highest BCUT2D eigenvalue weighted by atomic mass is 16.1. The van der Waals surface area contributed by atoms with Gasteiger partial charge in [-0.15, -0.1) is 0 Å². The number of pyridine rings is 1. The van der Waals surface area contributed by atoms with Crippen LogP contribution in [0.4, 0.5) is 5.69 Å². The Hall–Kier alpha value is -4.34. The van der Waals surface area contributed by atoms with Crippen LogP contribution in [-0.2, 0) is 6.54 Å². The van der Waals surface area contributed by atoms with Crippen LogP contribution >= 0.6 is 0 Å². The molecule has 0 saturated carbocycles. The third-order valence-electron chi connectivity index (χ3n) is 7.09. The molecule has 1 atom stereocenters. The van der Waals surface area contributed by atoms with Crippen molar-refractivity contribution in [1.29, 1.82) is 0 Å². The molecule has 1 aliphatic heterocycles. The van der Waals surface area contributed by atoms with Gasteiger partial charge in [-0.3, -0.25) is 14.7 Å². The van der Waals surface area contributed by atoms with E-state index in [1.807, 2.05) is 54.2 Å². The molecule has 198 valence electrons. The van der Waals surface area contributed by atoms with Crippen molar-refractivity contribution in [3.8, 4) is 11.4 Å². The number of likely N-dealkylation sites (tertiary alicyclic amines) is 1. The van der Waals surface area contributed by atoms with Crippen LogP contribution in [-0.4, -0.2) is 54.3 Å². The highest BCUT2D eigenvalue weighted by Crippen LogP contribution is 2.23. The molecule has 0 spiro atoms. The average Bonchev–Trinajstić information content (AvgIpc) is 3.54. The van der Waals surface area contributed by atoms with Crippen LogP contribution in [0.15, 0.2) is 73.4 Å². The molecule has 6 rings (SSSR count). The van der Waals surface area contributed by atoms with Crippen LogP contribution in [0, 0.1) is 13.8 Å². The zero-order valence-corrected chi connectivity index (χ0v) is 22.2. The fraction of sp³-hybridized carbons (Fsp3) is 0.267. The summed E-state index contributed by atoms with van der Waals surface area (Å²) in [7, 11) is 0. The number of carbonyl (C=O) groups excluding carboxylic acids is 1. The maximum atomic E-state index is 13.4. The van der Waals surface area contributed by atoms with Crippen LogP contribution in [0.5, 0.6) is 0 Å². The van der Waals surface area contributed by atoms with E-state index >= 15 is 0 Å². The second kappa shape index (κ2) is 10.4. The zero-order chi connectivity index (χ0) is 26.9. The van der Waals surface area contributed by atoms with E-state index < -0.39 is 0 Å². The number of anilines is 1. The van der Waals surface area contributed by atoms with Crippen LogP contribution in [0.3, 0.4) is 0 Å². The van der Waals surface area contributed by atoms with E-state index in [0.717, 1.165) is 66.0 Å². The lowest BCUT2D eigenvalue weighted by Gasteiger charge is -2.30. The number of benzene rings is 2. The molecule has 4 heterocycles. The van der Waals surface area contributed by atoms with Crippen molar-refractivity contribution in [2.75, 3.05) is 18.4 Å². The van der Waals surface area contributed by atoms with E-state index in [2.05, 4.69) is 44.3 Å². The molecular formula is C30H32N8O. The van der Waals surface area contributed by atoms with Gasteiger partial charge in [-0.1, -0.05) is 11.6 Å². The maximum absolute atomic E-state index is 13.4. The zero-order valence-electron chi connectivity index (χ0n) is 22.2. The monoisotopic (exact) mass is 520 g/mol. The Balaban J connectivity index is 1.27. The summed E-state index contributed by atoms with van der Waals surface area (Å²) >= 11 is 0. The number of carbonyl (C=O) groups is 1. The van der Waals surface area contributed by atoms with Gasteiger partial charge in [-0.05, 0) is 81.3 Å². The Morgan fingerprint density at radius 3 is 2.77 bits per heavy atom. The molecule has 3 N–H and O–H groups in total. The highest BCUT2D eigenvalue weighted by Gasteiger charge is 2.18. The fourth-order valence-electron chi connectivity index (χ4n) is 5.20. The van der Waals surface area contributed by atoms with E-state index in [1.54, 1.807) is 23.3 Å². The second-order valence-electron chi connectivity index (χ2n) is 10.4. The van der Waals surface area contributed by atoms with Crippen molar-refractivity contribution in [1.82, 2.24) is 29.2 Å². The molecule has 39 heavy (non-hydrogen) atoms. The number of hydrogen-bond donors (Lipinski definition) is 2. The van der Waals surface area contributed by atoms with Crippen LogP contribution in [0.2, 0.25) is 0 Å². The lowest BCUT2D eigenvalue weighted by atomic mass is 10.1. The van der Waals surface area contributed by atoms with Crippen molar-refractivity contribution >= 4 is 22.5 Å². The first-order valence-electron chi connectivity index (χ1n) is 13.3. The first-order valence-corrected chi connectivity index (χ1v) is 13.3. The van der Waals surface area contributed by atoms with Crippen LogP contribution in [0.25, 0.3) is 22.3 Å². The molecular weight excluding hydrogens is 488 g/mol. The van der Waals surface area contributed by atoms with Crippen LogP contribution < -0.4 is 11.1 Å². The lowest BCUT2D eigenvalue weighted by molar-refractivity contribution is 0.102. The molecule has 0 aliphatic carbocycles. The molecule has 1 fully saturated rings. The number of aromatic nitrogens is 5. The van der Waals surface area contributed by atoms with Gasteiger partial charge in [0.2, 0.25) is 0 Å². The van der Waals surface area contributed by atoms with Crippen molar-refractivity contribution in [3.63, 3.8) is 0 Å². The molecule has 1 aliphatic rings. The van der Waals surface area contributed by atoms with Gasteiger partial charge in [0.1, 0.15) is 5.69 Å². The molecule has 1 amide bonds. The number of piperidine rings is 1. The number of aryl methyl sites for hydroxylation is 2. The minimum absolute atomic E-state index is 0.201. The minimum Gasteiger partial charge on any atom is -0.327 e. The second-order valence-corrected chi connectivity index (χ2v) is 10.4. The summed E-state index contributed by atoms with van der Waals surface area (Å²) in [6.45, 7) is 6.66. The highest BCUT2D eigenvalue weighted by molar-refractivity contribution is 6.03. The van der Waals surface area contributed by atoms with E-state index in [-0.39, 0.29) is 11.9 Å². The van der Waals surface area contributed by atoms with E-state index in [0.29, 0.717) is 11.4 Å². The summed E-state index contributed by atoms with van der Waals surface area (Å²) in [5.41, 5.74) is 13.0. The van der Waals surface area contributed by atoms with Crippen molar-refractivity contribution in [2.45, 2.75) is 39.3 Å². The first kappa shape index (κ1) is 25.0. The van der Waals surface area contributed by atoms with Gasteiger partial charge in [0.25, 0.3) is 5.91 Å². The summed E-state index contributed by atoms with van der Waals surface area (Å²) < 4.78 is 3.76. The van der Waals surface area contributed by atoms with Gasteiger partial charge < -0.3 is 15.6 Å². The topological polar surface area (TPSA) is 107 Å². The first-order chi connectivity index (χ1) is 18.9. The van der Waals surface area contributed by atoms with Gasteiger partial charge in [0.05, 0.1) is 23.2 Å². The smallest absolute Gasteiger partial charge is 0.274 e. The van der Waals surface area contributed by atoms with Crippen molar-refractivity contribution in [3.05, 3.63) is 96.0 Å². The molecule has 9 nitrogen and oxygen atoms in total. The molecule has 9 heteroatoms. The number of hydrogen-bond acceptors (Lipinski definition) is 6. The Kier molecular flexibility index (Phi) is 6.68. The summed E-state index contributed by atoms with van der Waals surface area (Å²) in [6, 6.07) is 16.1. The van der Waals surface area contributed by atoms with Gasteiger partial charge >= 0.3 is 0 Å². The average molecular weight is 521 g/mol. The predicted octanol–water partition coefficient (Wildman–Crippen LogP) is 4.40. The normalized spacial score (nSPS) is 16.0. The Morgan fingerprint density at radius 2 is 1.95 bits per heavy atom. The maximum Gasteiger partial charge on any atom is 0.274 e. The molecule has 1 saturated heterocycles. The molecule has 3 aromatic heterocycles.